The minimum absolute atomic E-state index is 0.0222. The Labute approximate surface area is 105 Å². The van der Waals surface area contributed by atoms with Crippen molar-refractivity contribution in [2.75, 3.05) is 6.54 Å². The monoisotopic (exact) mass is 249 g/mol. The molecular weight excluding hydrogens is 234 g/mol. The quantitative estimate of drug-likeness (QED) is 0.819. The van der Waals surface area contributed by atoms with Gasteiger partial charge in [0.25, 0.3) is 0 Å². The van der Waals surface area contributed by atoms with Crippen molar-refractivity contribution in [1.29, 1.82) is 0 Å². The third-order valence-corrected chi connectivity index (χ3v) is 3.02. The van der Waals surface area contributed by atoms with Gasteiger partial charge in [0.05, 0.1) is 11.0 Å². The van der Waals surface area contributed by atoms with Gasteiger partial charge in [-0.2, -0.15) is 0 Å². The van der Waals surface area contributed by atoms with Crippen molar-refractivity contribution in [3.63, 3.8) is 0 Å². The van der Waals surface area contributed by atoms with E-state index in [0.29, 0.717) is 11.3 Å². The molecule has 0 unspecified atom stereocenters. The molecule has 1 aromatic carbocycles. The molecule has 0 atom stereocenters. The molecule has 0 saturated carbocycles. The normalized spacial score (nSPS) is 10.7. The molecule has 0 saturated heterocycles. The molecule has 0 fully saturated rings. The number of nitrogens with one attached hydrogen (secondary N) is 2. The molecule has 2 rings (SSSR count). The van der Waals surface area contributed by atoms with Gasteiger partial charge in [-0.05, 0) is 37.7 Å². The van der Waals surface area contributed by atoms with Gasteiger partial charge in [-0.15, -0.1) is 0 Å². The smallest absolute Gasteiger partial charge is 0.240 e. The predicted octanol–water partition coefficient (Wildman–Crippen LogP) is 2.14. The number of benzene rings is 1. The van der Waals surface area contributed by atoms with Crippen LogP contribution in [0.5, 0.6) is 0 Å². The maximum absolute atomic E-state index is 11.6. The summed E-state index contributed by atoms with van der Waals surface area (Å²) >= 11 is 5.24. The lowest BCUT2D eigenvalue weighted by atomic mass is 10.2. The van der Waals surface area contributed by atoms with E-state index in [4.69, 9.17) is 12.2 Å². The number of H-pyrrole nitrogens is 1. The van der Waals surface area contributed by atoms with Crippen molar-refractivity contribution in [2.45, 2.75) is 20.4 Å². The largest absolute Gasteiger partial charge is 0.355 e. The summed E-state index contributed by atoms with van der Waals surface area (Å²) in [6.45, 7) is 4.81. The average molecular weight is 249 g/mol. The van der Waals surface area contributed by atoms with Crippen LogP contribution in [0.15, 0.2) is 18.2 Å². The van der Waals surface area contributed by atoms with E-state index in [0.717, 1.165) is 16.6 Å². The number of carbonyl (C=O) groups is 1. The summed E-state index contributed by atoms with van der Waals surface area (Å²) in [7, 11) is 0. The van der Waals surface area contributed by atoms with Gasteiger partial charge in [-0.3, -0.25) is 4.79 Å². The average Bonchev–Trinajstić information content (AvgIpc) is 2.58. The second kappa shape index (κ2) is 4.71. The number of fused-ring (bicyclic) bond motifs is 1. The molecule has 2 aromatic rings. The number of aromatic nitrogens is 2. The number of para-hydroxylation sites is 1. The van der Waals surface area contributed by atoms with Crippen LogP contribution in [0.2, 0.25) is 0 Å². The van der Waals surface area contributed by atoms with Crippen molar-refractivity contribution in [2.24, 2.45) is 0 Å². The highest BCUT2D eigenvalue weighted by atomic mass is 32.1. The van der Waals surface area contributed by atoms with Crippen LogP contribution < -0.4 is 5.32 Å². The molecule has 2 N–H and O–H groups in total. The van der Waals surface area contributed by atoms with E-state index < -0.39 is 0 Å². The number of imidazole rings is 1. The summed E-state index contributed by atoms with van der Waals surface area (Å²) in [5.41, 5.74) is 3.10. The molecule has 1 heterocycles. The summed E-state index contributed by atoms with van der Waals surface area (Å²) in [5, 5.41) is 2.77. The van der Waals surface area contributed by atoms with Gasteiger partial charge < -0.3 is 14.9 Å². The number of hydrogen-bond acceptors (Lipinski definition) is 2. The fourth-order valence-corrected chi connectivity index (χ4v) is 2.14. The van der Waals surface area contributed by atoms with Gasteiger partial charge >= 0.3 is 0 Å². The van der Waals surface area contributed by atoms with E-state index in [-0.39, 0.29) is 12.5 Å². The maximum atomic E-state index is 11.6. The van der Waals surface area contributed by atoms with Gasteiger partial charge in [-0.1, -0.05) is 12.1 Å². The molecule has 1 amide bonds. The molecule has 0 spiro atoms. The SMILES string of the molecule is CCNC(=O)Cn1c(=S)[nH]c2c(C)cccc21. The molecule has 90 valence electrons. The van der Waals surface area contributed by atoms with E-state index in [1.807, 2.05) is 36.6 Å². The van der Waals surface area contributed by atoms with Gasteiger partial charge in [0.1, 0.15) is 6.54 Å². The number of carbonyl (C=O) groups excluding carboxylic acids is 1. The van der Waals surface area contributed by atoms with Gasteiger partial charge in [0.2, 0.25) is 5.91 Å². The van der Waals surface area contributed by atoms with Crippen molar-refractivity contribution < 1.29 is 4.79 Å². The zero-order valence-electron chi connectivity index (χ0n) is 9.91. The second-order valence-corrected chi connectivity index (χ2v) is 4.33. The lowest BCUT2D eigenvalue weighted by Gasteiger charge is -2.04. The molecule has 0 aliphatic heterocycles. The Morgan fingerprint density at radius 1 is 1.53 bits per heavy atom. The van der Waals surface area contributed by atoms with Gasteiger partial charge in [-0.25, -0.2) is 0 Å². The van der Waals surface area contributed by atoms with Crippen LogP contribution in [0.25, 0.3) is 11.0 Å². The predicted molar refractivity (Wildman–Crippen MR) is 70.5 cm³/mol. The van der Waals surface area contributed by atoms with Crippen LogP contribution in [0.1, 0.15) is 12.5 Å². The summed E-state index contributed by atoms with van der Waals surface area (Å²) < 4.78 is 2.41. The third-order valence-electron chi connectivity index (χ3n) is 2.69. The standard InChI is InChI=1S/C12H15N3OS/c1-3-13-10(16)7-15-9-6-4-5-8(2)11(9)14-12(15)17/h4-6H,3,7H2,1-2H3,(H,13,16)(H,14,17). The number of likely N-dealkylation sites (N-methyl/N-ethyl adjacent to an activating group) is 1. The highest BCUT2D eigenvalue weighted by molar-refractivity contribution is 7.71. The first-order chi connectivity index (χ1) is 8.13. The maximum Gasteiger partial charge on any atom is 0.240 e. The van der Waals surface area contributed by atoms with E-state index in [9.17, 15) is 4.79 Å². The molecule has 0 aliphatic rings. The van der Waals surface area contributed by atoms with Crippen LogP contribution in [0, 0.1) is 11.7 Å². The van der Waals surface area contributed by atoms with Crippen molar-refractivity contribution >= 4 is 29.2 Å². The molecule has 1 aromatic heterocycles. The number of aryl methyl sites for hydroxylation is 1. The third kappa shape index (κ3) is 2.24. The number of nitrogens with zero attached hydrogens (tertiary/aromatic N) is 1. The van der Waals surface area contributed by atoms with Gasteiger partial charge in [0.15, 0.2) is 4.77 Å². The minimum Gasteiger partial charge on any atom is -0.355 e. The molecule has 0 radical (unpaired) electrons. The number of aromatic amines is 1. The first-order valence-electron chi connectivity index (χ1n) is 5.58. The Morgan fingerprint density at radius 3 is 3.00 bits per heavy atom. The minimum atomic E-state index is -0.0222. The lowest BCUT2D eigenvalue weighted by Crippen LogP contribution is -2.27. The summed E-state index contributed by atoms with van der Waals surface area (Å²) in [5.74, 6) is -0.0222. The summed E-state index contributed by atoms with van der Waals surface area (Å²) in [6, 6.07) is 5.95. The lowest BCUT2D eigenvalue weighted by molar-refractivity contribution is -0.121. The van der Waals surface area contributed by atoms with Crippen LogP contribution in [-0.2, 0) is 11.3 Å². The molecule has 0 aliphatic carbocycles. The van der Waals surface area contributed by atoms with Crippen molar-refractivity contribution in [1.82, 2.24) is 14.9 Å². The van der Waals surface area contributed by atoms with Crippen LogP contribution in [-0.4, -0.2) is 22.0 Å². The fourth-order valence-electron chi connectivity index (χ4n) is 1.88. The first-order valence-corrected chi connectivity index (χ1v) is 5.99. The van der Waals surface area contributed by atoms with Crippen LogP contribution in [0.3, 0.4) is 0 Å². The fraction of sp³-hybridized carbons (Fsp3) is 0.333. The van der Waals surface area contributed by atoms with E-state index in [1.165, 1.54) is 0 Å². The Hall–Kier alpha value is -1.62. The summed E-state index contributed by atoms with van der Waals surface area (Å²) in [4.78, 5) is 14.7. The Kier molecular flexibility index (Phi) is 3.28. The topological polar surface area (TPSA) is 49.8 Å². The number of amides is 1. The zero-order valence-corrected chi connectivity index (χ0v) is 10.7. The van der Waals surface area contributed by atoms with Crippen molar-refractivity contribution in [3.05, 3.63) is 28.5 Å². The number of hydrogen-bond donors (Lipinski definition) is 2. The molecule has 17 heavy (non-hydrogen) atoms. The highest BCUT2D eigenvalue weighted by Gasteiger charge is 2.08. The number of rotatable bonds is 3. The van der Waals surface area contributed by atoms with Gasteiger partial charge in [0, 0.05) is 6.54 Å². The highest BCUT2D eigenvalue weighted by Crippen LogP contribution is 2.17. The molecule has 4 nitrogen and oxygen atoms in total. The zero-order chi connectivity index (χ0) is 12.4. The summed E-state index contributed by atoms with van der Waals surface area (Å²) in [6.07, 6.45) is 0. The Bertz CT molecular complexity index is 612. The van der Waals surface area contributed by atoms with Crippen molar-refractivity contribution in [3.8, 4) is 0 Å². The van der Waals surface area contributed by atoms with E-state index in [1.54, 1.807) is 0 Å². The Morgan fingerprint density at radius 2 is 2.29 bits per heavy atom. The molecule has 0 bridgehead atoms. The second-order valence-electron chi connectivity index (χ2n) is 3.94. The first kappa shape index (κ1) is 11.9. The molecular formula is C12H15N3OS. The Balaban J connectivity index is 2.47. The van der Waals surface area contributed by atoms with E-state index in [2.05, 4.69) is 10.3 Å². The van der Waals surface area contributed by atoms with Crippen LogP contribution >= 0.6 is 12.2 Å². The van der Waals surface area contributed by atoms with Crippen LogP contribution in [0.4, 0.5) is 0 Å². The van der Waals surface area contributed by atoms with E-state index >= 15 is 0 Å². The molecule has 5 heteroatoms.